The van der Waals surface area contributed by atoms with Crippen LogP contribution in [0.25, 0.3) is 0 Å². The summed E-state index contributed by atoms with van der Waals surface area (Å²) in [6, 6.07) is 12.0. The van der Waals surface area contributed by atoms with Crippen molar-refractivity contribution in [3.63, 3.8) is 0 Å². The number of carbonyl (C=O) groups is 1. The van der Waals surface area contributed by atoms with Crippen molar-refractivity contribution in [2.45, 2.75) is 31.8 Å². The molecule has 0 unspecified atom stereocenters. The maximum atomic E-state index is 12.7. The van der Waals surface area contributed by atoms with Gasteiger partial charge >= 0.3 is 0 Å². The third-order valence-electron chi connectivity index (χ3n) is 3.87. The molecule has 0 aliphatic heterocycles. The Bertz CT molecular complexity index is 639. The Labute approximate surface area is 130 Å². The smallest absolute Gasteiger partial charge is 0.227 e. The summed E-state index contributed by atoms with van der Waals surface area (Å²) in [6.07, 6.45) is 6.19. The van der Waals surface area contributed by atoms with Gasteiger partial charge in [0, 0.05) is 25.0 Å². The molecule has 1 heterocycles. The second kappa shape index (κ2) is 6.60. The van der Waals surface area contributed by atoms with Gasteiger partial charge in [-0.15, -0.1) is 0 Å². The highest BCUT2D eigenvalue weighted by atomic mass is 16.5. The molecule has 0 bridgehead atoms. The van der Waals surface area contributed by atoms with Gasteiger partial charge in [-0.05, 0) is 42.2 Å². The summed E-state index contributed by atoms with van der Waals surface area (Å²) in [5, 5.41) is 0. The predicted octanol–water partition coefficient (Wildman–Crippen LogP) is 2.82. The topological polar surface area (TPSA) is 42.4 Å². The number of benzene rings is 1. The fraction of sp³-hybridized carbons (Fsp3) is 0.333. The Balaban J connectivity index is 1.70. The van der Waals surface area contributed by atoms with E-state index in [9.17, 15) is 4.79 Å². The van der Waals surface area contributed by atoms with Crippen LogP contribution >= 0.6 is 0 Å². The van der Waals surface area contributed by atoms with Gasteiger partial charge in [-0.2, -0.15) is 0 Å². The highest BCUT2D eigenvalue weighted by Crippen LogP contribution is 2.29. The number of rotatable bonds is 6. The Morgan fingerprint density at radius 1 is 1.27 bits per heavy atom. The van der Waals surface area contributed by atoms with Crippen molar-refractivity contribution in [2.24, 2.45) is 0 Å². The van der Waals surface area contributed by atoms with Crippen LogP contribution in [-0.4, -0.2) is 28.9 Å². The first-order valence-corrected chi connectivity index (χ1v) is 7.57. The van der Waals surface area contributed by atoms with E-state index in [0.717, 1.165) is 29.7 Å². The van der Waals surface area contributed by atoms with Gasteiger partial charge in [0.15, 0.2) is 0 Å². The van der Waals surface area contributed by atoms with Gasteiger partial charge in [-0.1, -0.05) is 18.2 Å². The van der Waals surface area contributed by atoms with E-state index < -0.39 is 0 Å². The standard InChI is InChI=1S/C18H20N2O2/c1-22-17-6-2-4-14(10-17)11-18(21)20(16-7-8-16)13-15-5-3-9-19-12-15/h2-6,9-10,12,16H,7-8,11,13H2,1H3. The highest BCUT2D eigenvalue weighted by molar-refractivity contribution is 5.79. The average Bonchev–Trinajstić information content (AvgIpc) is 3.38. The molecule has 3 rings (SSSR count). The summed E-state index contributed by atoms with van der Waals surface area (Å²) in [5.74, 6) is 0.954. The zero-order valence-corrected chi connectivity index (χ0v) is 12.7. The minimum absolute atomic E-state index is 0.166. The van der Waals surface area contributed by atoms with Crippen molar-refractivity contribution in [3.8, 4) is 5.75 Å². The molecule has 0 radical (unpaired) electrons. The van der Waals surface area contributed by atoms with E-state index in [1.165, 1.54) is 0 Å². The van der Waals surface area contributed by atoms with Crippen molar-refractivity contribution >= 4 is 5.91 Å². The number of hydrogen-bond donors (Lipinski definition) is 0. The van der Waals surface area contributed by atoms with Crippen LogP contribution < -0.4 is 4.74 Å². The van der Waals surface area contributed by atoms with Crippen molar-refractivity contribution in [3.05, 3.63) is 59.9 Å². The van der Waals surface area contributed by atoms with Crippen LogP contribution in [0.4, 0.5) is 0 Å². The number of nitrogens with zero attached hydrogens (tertiary/aromatic N) is 2. The first-order chi connectivity index (χ1) is 10.8. The zero-order chi connectivity index (χ0) is 15.4. The Kier molecular flexibility index (Phi) is 4.37. The van der Waals surface area contributed by atoms with E-state index in [0.29, 0.717) is 19.0 Å². The van der Waals surface area contributed by atoms with E-state index in [1.807, 2.05) is 47.5 Å². The molecule has 1 saturated carbocycles. The number of pyridine rings is 1. The minimum atomic E-state index is 0.166. The molecule has 4 heteroatoms. The number of ether oxygens (including phenoxy) is 1. The molecule has 4 nitrogen and oxygen atoms in total. The molecule has 0 spiro atoms. The third-order valence-corrected chi connectivity index (χ3v) is 3.87. The molecule has 1 aliphatic carbocycles. The summed E-state index contributed by atoms with van der Waals surface area (Å²) in [7, 11) is 1.64. The molecule has 1 aliphatic rings. The summed E-state index contributed by atoms with van der Waals surface area (Å²) in [6.45, 7) is 0.640. The molecular formula is C18H20N2O2. The first kappa shape index (κ1) is 14.6. The SMILES string of the molecule is COc1cccc(CC(=O)N(Cc2cccnc2)C2CC2)c1. The molecule has 22 heavy (non-hydrogen) atoms. The lowest BCUT2D eigenvalue weighted by Crippen LogP contribution is -2.33. The second-order valence-corrected chi connectivity index (χ2v) is 5.64. The largest absolute Gasteiger partial charge is 0.497 e. The van der Waals surface area contributed by atoms with E-state index in [-0.39, 0.29) is 5.91 Å². The fourth-order valence-electron chi connectivity index (χ4n) is 2.55. The summed E-state index contributed by atoms with van der Waals surface area (Å²) < 4.78 is 5.22. The van der Waals surface area contributed by atoms with Gasteiger partial charge in [0.25, 0.3) is 0 Å². The van der Waals surface area contributed by atoms with Crippen molar-refractivity contribution in [2.75, 3.05) is 7.11 Å². The average molecular weight is 296 g/mol. The van der Waals surface area contributed by atoms with Gasteiger partial charge in [0.1, 0.15) is 5.75 Å². The summed E-state index contributed by atoms with van der Waals surface area (Å²) >= 11 is 0. The number of hydrogen-bond acceptors (Lipinski definition) is 3. The Morgan fingerprint density at radius 2 is 2.09 bits per heavy atom. The highest BCUT2D eigenvalue weighted by Gasteiger charge is 2.32. The van der Waals surface area contributed by atoms with Crippen molar-refractivity contribution < 1.29 is 9.53 Å². The van der Waals surface area contributed by atoms with Crippen LogP contribution in [0.2, 0.25) is 0 Å². The first-order valence-electron chi connectivity index (χ1n) is 7.57. The van der Waals surface area contributed by atoms with Gasteiger partial charge in [0.2, 0.25) is 5.91 Å². The number of methoxy groups -OCH3 is 1. The molecule has 1 aromatic heterocycles. The minimum Gasteiger partial charge on any atom is -0.497 e. The second-order valence-electron chi connectivity index (χ2n) is 5.64. The van der Waals surface area contributed by atoms with E-state index in [4.69, 9.17) is 4.74 Å². The fourth-order valence-corrected chi connectivity index (χ4v) is 2.55. The quantitative estimate of drug-likeness (QED) is 0.823. The van der Waals surface area contributed by atoms with Gasteiger partial charge in [-0.3, -0.25) is 9.78 Å². The summed E-state index contributed by atoms with van der Waals surface area (Å²) in [4.78, 5) is 18.8. The molecule has 0 atom stereocenters. The van der Waals surface area contributed by atoms with E-state index in [2.05, 4.69) is 4.98 Å². The van der Waals surface area contributed by atoms with Gasteiger partial charge < -0.3 is 9.64 Å². The molecule has 1 amide bonds. The van der Waals surface area contributed by atoms with Crippen LogP contribution in [-0.2, 0) is 17.8 Å². The Hall–Kier alpha value is -2.36. The molecular weight excluding hydrogens is 276 g/mol. The van der Waals surface area contributed by atoms with Gasteiger partial charge in [-0.25, -0.2) is 0 Å². The maximum absolute atomic E-state index is 12.7. The molecule has 1 fully saturated rings. The predicted molar refractivity (Wildman–Crippen MR) is 84.5 cm³/mol. The lowest BCUT2D eigenvalue weighted by Gasteiger charge is -2.22. The molecule has 2 aromatic rings. The van der Waals surface area contributed by atoms with Crippen molar-refractivity contribution in [1.82, 2.24) is 9.88 Å². The van der Waals surface area contributed by atoms with Crippen molar-refractivity contribution in [1.29, 1.82) is 0 Å². The lowest BCUT2D eigenvalue weighted by molar-refractivity contribution is -0.131. The zero-order valence-electron chi connectivity index (χ0n) is 12.7. The number of aromatic nitrogens is 1. The molecule has 0 N–H and O–H groups in total. The van der Waals surface area contributed by atoms with Crippen LogP contribution in [0.3, 0.4) is 0 Å². The number of amides is 1. The third kappa shape index (κ3) is 3.64. The van der Waals surface area contributed by atoms with E-state index in [1.54, 1.807) is 13.3 Å². The lowest BCUT2D eigenvalue weighted by atomic mass is 10.1. The molecule has 1 aromatic carbocycles. The normalized spacial score (nSPS) is 13.7. The molecule has 0 saturated heterocycles. The Morgan fingerprint density at radius 3 is 2.77 bits per heavy atom. The molecule has 114 valence electrons. The number of carbonyl (C=O) groups excluding carboxylic acids is 1. The maximum Gasteiger partial charge on any atom is 0.227 e. The van der Waals surface area contributed by atoms with E-state index >= 15 is 0 Å². The van der Waals surface area contributed by atoms with Crippen LogP contribution in [0.1, 0.15) is 24.0 Å². The van der Waals surface area contributed by atoms with Crippen LogP contribution in [0, 0.1) is 0 Å². The van der Waals surface area contributed by atoms with Gasteiger partial charge in [0.05, 0.1) is 13.5 Å². The monoisotopic (exact) mass is 296 g/mol. The van der Waals surface area contributed by atoms with Crippen LogP contribution in [0.15, 0.2) is 48.8 Å². The van der Waals surface area contributed by atoms with Crippen LogP contribution in [0.5, 0.6) is 5.75 Å². The summed E-state index contributed by atoms with van der Waals surface area (Å²) in [5.41, 5.74) is 2.06.